The van der Waals surface area contributed by atoms with Gasteiger partial charge in [-0.25, -0.2) is 8.42 Å². The Bertz CT molecular complexity index is 816. The molecule has 0 saturated heterocycles. The highest BCUT2D eigenvalue weighted by atomic mass is 32.2. The van der Waals surface area contributed by atoms with Crippen molar-refractivity contribution in [2.75, 3.05) is 26.4 Å². The van der Waals surface area contributed by atoms with Crippen LogP contribution in [0.2, 0.25) is 0 Å². The number of hydrogen-bond donors (Lipinski definition) is 1. The molecule has 2 rings (SSSR count). The van der Waals surface area contributed by atoms with Gasteiger partial charge < -0.3 is 10.2 Å². The average molecular weight is 375 g/mol. The van der Waals surface area contributed by atoms with Crippen LogP contribution in [0.1, 0.15) is 23.6 Å². The van der Waals surface area contributed by atoms with E-state index in [2.05, 4.69) is 5.32 Å². The highest BCUT2D eigenvalue weighted by Gasteiger charge is 2.18. The van der Waals surface area contributed by atoms with Crippen LogP contribution in [0, 0.1) is 6.92 Å². The van der Waals surface area contributed by atoms with Crippen LogP contribution in [-0.4, -0.2) is 45.6 Å². The molecule has 0 aromatic heterocycles. The van der Waals surface area contributed by atoms with Crippen LogP contribution in [-0.2, 0) is 14.6 Å². The predicted octanol–water partition coefficient (Wildman–Crippen LogP) is 2.58. The maximum Gasteiger partial charge on any atom is 0.221 e. The number of amides is 1. The van der Waals surface area contributed by atoms with E-state index in [0.717, 1.165) is 11.1 Å². The minimum absolute atomic E-state index is 0.0360. The van der Waals surface area contributed by atoms with E-state index in [9.17, 15) is 13.2 Å². The SMILES string of the molecule is Cc1ccc(S(=O)(=O)CCC(=O)NCC(c2ccccc2)N(C)C)cc1. The molecule has 26 heavy (non-hydrogen) atoms. The topological polar surface area (TPSA) is 66.5 Å². The fraction of sp³-hybridized carbons (Fsp3) is 0.350. The monoisotopic (exact) mass is 374 g/mol. The lowest BCUT2D eigenvalue weighted by atomic mass is 10.1. The Kier molecular flexibility index (Phi) is 6.94. The Morgan fingerprint density at radius 1 is 1.04 bits per heavy atom. The van der Waals surface area contributed by atoms with E-state index in [1.165, 1.54) is 0 Å². The number of carbonyl (C=O) groups excluding carboxylic acids is 1. The first-order valence-electron chi connectivity index (χ1n) is 8.57. The third-order valence-corrected chi connectivity index (χ3v) is 6.01. The van der Waals surface area contributed by atoms with Crippen LogP contribution in [0.5, 0.6) is 0 Å². The third kappa shape index (κ3) is 5.68. The van der Waals surface area contributed by atoms with E-state index in [0.29, 0.717) is 6.54 Å². The Morgan fingerprint density at radius 2 is 1.65 bits per heavy atom. The third-order valence-electron chi connectivity index (χ3n) is 4.28. The van der Waals surface area contributed by atoms with Gasteiger partial charge in [0.15, 0.2) is 9.84 Å². The summed E-state index contributed by atoms with van der Waals surface area (Å²) in [6, 6.07) is 16.6. The molecular formula is C20H26N2O3S. The molecular weight excluding hydrogens is 348 g/mol. The van der Waals surface area contributed by atoms with E-state index >= 15 is 0 Å². The van der Waals surface area contributed by atoms with Gasteiger partial charge in [0, 0.05) is 13.0 Å². The molecule has 0 fully saturated rings. The van der Waals surface area contributed by atoms with Gasteiger partial charge in [-0.2, -0.15) is 0 Å². The first kappa shape index (κ1) is 20.1. The van der Waals surface area contributed by atoms with Gasteiger partial charge in [-0.15, -0.1) is 0 Å². The number of benzene rings is 2. The van der Waals surface area contributed by atoms with Gasteiger partial charge in [0.05, 0.1) is 16.7 Å². The van der Waals surface area contributed by atoms with Gasteiger partial charge in [-0.05, 0) is 38.7 Å². The lowest BCUT2D eigenvalue weighted by Gasteiger charge is -2.25. The molecule has 0 bridgehead atoms. The van der Waals surface area contributed by atoms with Gasteiger partial charge in [0.1, 0.15) is 0 Å². The minimum Gasteiger partial charge on any atom is -0.354 e. The second-order valence-corrected chi connectivity index (χ2v) is 8.69. The van der Waals surface area contributed by atoms with E-state index in [-0.39, 0.29) is 29.0 Å². The highest BCUT2D eigenvalue weighted by Crippen LogP contribution is 2.17. The Labute approximate surface area is 156 Å². The number of likely N-dealkylation sites (N-methyl/N-ethyl adjacent to an activating group) is 1. The molecule has 0 aliphatic rings. The molecule has 1 N–H and O–H groups in total. The number of aryl methyl sites for hydroxylation is 1. The first-order valence-corrected chi connectivity index (χ1v) is 10.2. The minimum atomic E-state index is -3.45. The van der Waals surface area contributed by atoms with Crippen LogP contribution in [0.4, 0.5) is 0 Å². The van der Waals surface area contributed by atoms with Gasteiger partial charge in [-0.3, -0.25) is 4.79 Å². The largest absolute Gasteiger partial charge is 0.354 e. The van der Waals surface area contributed by atoms with Gasteiger partial charge in [0.25, 0.3) is 0 Å². The van der Waals surface area contributed by atoms with Gasteiger partial charge in [-0.1, -0.05) is 48.0 Å². The summed E-state index contributed by atoms with van der Waals surface area (Å²) in [5.74, 6) is -0.455. The molecule has 0 heterocycles. The number of rotatable bonds is 8. The van der Waals surface area contributed by atoms with Crippen LogP contribution in [0.15, 0.2) is 59.5 Å². The van der Waals surface area contributed by atoms with Gasteiger partial charge >= 0.3 is 0 Å². The van der Waals surface area contributed by atoms with E-state index in [1.54, 1.807) is 24.3 Å². The zero-order chi connectivity index (χ0) is 19.2. The van der Waals surface area contributed by atoms with Crippen molar-refractivity contribution >= 4 is 15.7 Å². The molecule has 0 radical (unpaired) electrons. The lowest BCUT2D eigenvalue weighted by Crippen LogP contribution is -2.35. The molecule has 1 unspecified atom stereocenters. The number of nitrogens with zero attached hydrogens (tertiary/aromatic N) is 1. The maximum absolute atomic E-state index is 12.3. The van der Waals surface area contributed by atoms with Crippen molar-refractivity contribution in [3.05, 3.63) is 65.7 Å². The number of carbonyl (C=O) groups is 1. The Balaban J connectivity index is 1.91. The molecule has 0 aliphatic carbocycles. The van der Waals surface area contributed by atoms with Crippen molar-refractivity contribution in [3.63, 3.8) is 0 Å². The summed E-state index contributed by atoms with van der Waals surface area (Å²) in [4.78, 5) is 14.4. The molecule has 2 aromatic rings. The highest BCUT2D eigenvalue weighted by molar-refractivity contribution is 7.91. The molecule has 2 aromatic carbocycles. The van der Waals surface area contributed by atoms with Crippen LogP contribution < -0.4 is 5.32 Å². The lowest BCUT2D eigenvalue weighted by molar-refractivity contribution is -0.120. The van der Waals surface area contributed by atoms with E-state index in [4.69, 9.17) is 0 Å². The fourth-order valence-corrected chi connectivity index (χ4v) is 3.90. The maximum atomic E-state index is 12.3. The molecule has 1 atom stereocenters. The summed E-state index contributed by atoms with van der Waals surface area (Å²) in [5, 5.41) is 2.85. The number of sulfone groups is 1. The molecule has 0 spiro atoms. The fourth-order valence-electron chi connectivity index (χ4n) is 2.66. The van der Waals surface area contributed by atoms with Crippen molar-refractivity contribution in [3.8, 4) is 0 Å². The second-order valence-electron chi connectivity index (χ2n) is 6.58. The summed E-state index contributed by atoms with van der Waals surface area (Å²) < 4.78 is 24.7. The Morgan fingerprint density at radius 3 is 2.23 bits per heavy atom. The van der Waals surface area contributed by atoms with Crippen LogP contribution in [0.25, 0.3) is 0 Å². The summed E-state index contributed by atoms with van der Waals surface area (Å²) in [6.45, 7) is 2.33. The van der Waals surface area contributed by atoms with Crippen molar-refractivity contribution in [2.45, 2.75) is 24.3 Å². The molecule has 1 amide bonds. The zero-order valence-electron chi connectivity index (χ0n) is 15.5. The van der Waals surface area contributed by atoms with Crippen LogP contribution >= 0.6 is 0 Å². The normalized spacial score (nSPS) is 12.8. The van der Waals surface area contributed by atoms with Crippen LogP contribution in [0.3, 0.4) is 0 Å². The summed E-state index contributed by atoms with van der Waals surface area (Å²) >= 11 is 0. The molecule has 6 heteroatoms. The van der Waals surface area contributed by atoms with E-state index < -0.39 is 9.84 Å². The molecule has 5 nitrogen and oxygen atoms in total. The molecule has 0 saturated carbocycles. The van der Waals surface area contributed by atoms with Crippen molar-refractivity contribution in [1.82, 2.24) is 10.2 Å². The molecule has 0 aliphatic heterocycles. The number of hydrogen-bond acceptors (Lipinski definition) is 4. The summed E-state index contributed by atoms with van der Waals surface area (Å²) in [6.07, 6.45) is -0.0504. The Hall–Kier alpha value is -2.18. The average Bonchev–Trinajstić information content (AvgIpc) is 2.61. The summed E-state index contributed by atoms with van der Waals surface area (Å²) in [5.41, 5.74) is 2.10. The smallest absolute Gasteiger partial charge is 0.221 e. The first-order chi connectivity index (χ1) is 12.3. The quantitative estimate of drug-likeness (QED) is 0.771. The van der Waals surface area contributed by atoms with Crippen molar-refractivity contribution in [2.24, 2.45) is 0 Å². The van der Waals surface area contributed by atoms with Crippen molar-refractivity contribution < 1.29 is 13.2 Å². The zero-order valence-corrected chi connectivity index (χ0v) is 16.3. The van der Waals surface area contributed by atoms with E-state index in [1.807, 2.05) is 56.3 Å². The second kappa shape index (κ2) is 8.96. The van der Waals surface area contributed by atoms with Gasteiger partial charge in [0.2, 0.25) is 5.91 Å². The predicted molar refractivity (Wildman–Crippen MR) is 104 cm³/mol. The summed E-state index contributed by atoms with van der Waals surface area (Å²) in [7, 11) is 0.450. The molecule has 140 valence electrons. The standard InChI is InChI=1S/C20H26N2O3S/c1-16-9-11-18(12-10-16)26(24,25)14-13-20(23)21-15-19(22(2)3)17-7-5-4-6-8-17/h4-12,19H,13-15H2,1-3H3,(H,21,23). The van der Waals surface area contributed by atoms with Crippen molar-refractivity contribution in [1.29, 1.82) is 0 Å². The number of nitrogens with one attached hydrogen (secondary N) is 1.